The maximum absolute atomic E-state index is 13.6. The van der Waals surface area contributed by atoms with Gasteiger partial charge in [0.05, 0.1) is 36.9 Å². The second-order valence-electron chi connectivity index (χ2n) is 7.12. The summed E-state index contributed by atoms with van der Waals surface area (Å²) in [5.74, 6) is 1.71. The van der Waals surface area contributed by atoms with Crippen LogP contribution in [0.2, 0.25) is 0 Å². The standard InChI is InChI=1S/C25H24N2O5S/c1-4-32-18-11-12-21-20(15-18)25(27-17-10-13-22(30-2)23(14-17)31-3)24(16-26-21)33(28,29)19-8-6-5-7-9-19/h5-16H,4H2,1-3H3,(H,26,27). The molecule has 4 aromatic rings. The molecular formula is C25H24N2O5S. The van der Waals surface area contributed by atoms with E-state index in [-0.39, 0.29) is 9.79 Å². The van der Waals surface area contributed by atoms with E-state index in [4.69, 9.17) is 14.2 Å². The number of anilines is 2. The summed E-state index contributed by atoms with van der Waals surface area (Å²) < 4.78 is 43.5. The molecule has 33 heavy (non-hydrogen) atoms. The maximum Gasteiger partial charge on any atom is 0.210 e. The molecule has 1 N–H and O–H groups in total. The second-order valence-corrected chi connectivity index (χ2v) is 9.04. The Labute approximate surface area is 192 Å². The molecule has 0 aliphatic heterocycles. The van der Waals surface area contributed by atoms with Gasteiger partial charge in [-0.25, -0.2) is 8.42 Å². The lowest BCUT2D eigenvalue weighted by atomic mass is 10.1. The van der Waals surface area contributed by atoms with Gasteiger partial charge in [-0.15, -0.1) is 0 Å². The van der Waals surface area contributed by atoms with Crippen LogP contribution in [0.4, 0.5) is 11.4 Å². The second kappa shape index (κ2) is 9.38. The van der Waals surface area contributed by atoms with Gasteiger partial charge in [0.2, 0.25) is 9.84 Å². The number of nitrogens with zero attached hydrogens (tertiary/aromatic N) is 1. The molecular weight excluding hydrogens is 440 g/mol. The number of aromatic nitrogens is 1. The fourth-order valence-electron chi connectivity index (χ4n) is 3.53. The third kappa shape index (κ3) is 4.42. The zero-order valence-electron chi connectivity index (χ0n) is 18.5. The Bertz CT molecular complexity index is 1390. The van der Waals surface area contributed by atoms with Crippen molar-refractivity contribution in [1.82, 2.24) is 4.98 Å². The minimum absolute atomic E-state index is 0.0598. The molecule has 170 valence electrons. The van der Waals surface area contributed by atoms with E-state index in [1.807, 2.05) is 13.0 Å². The number of hydrogen-bond acceptors (Lipinski definition) is 7. The summed E-state index contributed by atoms with van der Waals surface area (Å²) in [5.41, 5.74) is 1.66. The van der Waals surface area contributed by atoms with E-state index in [9.17, 15) is 8.42 Å². The van der Waals surface area contributed by atoms with Crippen LogP contribution in [0.1, 0.15) is 6.92 Å². The van der Waals surface area contributed by atoms with Gasteiger partial charge in [0.15, 0.2) is 11.5 Å². The van der Waals surface area contributed by atoms with Crippen LogP contribution in [0.15, 0.2) is 82.7 Å². The normalized spacial score (nSPS) is 11.2. The number of pyridine rings is 1. The van der Waals surface area contributed by atoms with Gasteiger partial charge in [0.1, 0.15) is 10.6 Å². The lowest BCUT2D eigenvalue weighted by Gasteiger charge is -2.17. The highest BCUT2D eigenvalue weighted by atomic mass is 32.2. The molecule has 0 saturated heterocycles. The minimum Gasteiger partial charge on any atom is -0.494 e. The van der Waals surface area contributed by atoms with Crippen molar-refractivity contribution in [2.75, 3.05) is 26.1 Å². The SMILES string of the molecule is CCOc1ccc2ncc(S(=O)(=O)c3ccccc3)c(Nc3ccc(OC)c(OC)c3)c2c1. The first-order valence-electron chi connectivity index (χ1n) is 10.3. The number of fused-ring (bicyclic) bond motifs is 1. The van der Waals surface area contributed by atoms with Crippen LogP contribution in [-0.2, 0) is 9.84 Å². The van der Waals surface area contributed by atoms with Gasteiger partial charge in [-0.1, -0.05) is 18.2 Å². The Morgan fingerprint density at radius 1 is 0.909 bits per heavy atom. The fraction of sp³-hybridized carbons (Fsp3) is 0.160. The quantitative estimate of drug-likeness (QED) is 0.382. The van der Waals surface area contributed by atoms with Crippen LogP contribution in [0.25, 0.3) is 10.9 Å². The molecule has 0 fully saturated rings. The van der Waals surface area contributed by atoms with Gasteiger partial charge in [-0.05, 0) is 49.4 Å². The van der Waals surface area contributed by atoms with Crippen molar-refractivity contribution in [1.29, 1.82) is 0 Å². The molecule has 0 atom stereocenters. The largest absolute Gasteiger partial charge is 0.494 e. The Balaban J connectivity index is 1.94. The van der Waals surface area contributed by atoms with E-state index in [1.165, 1.54) is 6.20 Å². The summed E-state index contributed by atoms with van der Waals surface area (Å²) in [6.45, 7) is 2.38. The van der Waals surface area contributed by atoms with E-state index in [2.05, 4.69) is 10.3 Å². The van der Waals surface area contributed by atoms with Crippen molar-refractivity contribution >= 4 is 32.1 Å². The van der Waals surface area contributed by atoms with Crippen LogP contribution < -0.4 is 19.5 Å². The van der Waals surface area contributed by atoms with Gasteiger partial charge >= 0.3 is 0 Å². The molecule has 8 heteroatoms. The summed E-state index contributed by atoms with van der Waals surface area (Å²) in [6, 6.07) is 19.0. The van der Waals surface area contributed by atoms with Crippen LogP contribution in [-0.4, -0.2) is 34.2 Å². The summed E-state index contributed by atoms with van der Waals surface area (Å²) in [7, 11) is -0.755. The molecule has 0 aliphatic rings. The van der Waals surface area contributed by atoms with E-state index >= 15 is 0 Å². The predicted octanol–water partition coefficient (Wildman–Crippen LogP) is 5.23. The Kier molecular flexibility index (Phi) is 6.37. The molecule has 1 heterocycles. The smallest absolute Gasteiger partial charge is 0.210 e. The van der Waals surface area contributed by atoms with Crippen molar-refractivity contribution in [3.8, 4) is 17.2 Å². The topological polar surface area (TPSA) is 86.8 Å². The minimum atomic E-state index is -3.86. The Morgan fingerprint density at radius 3 is 2.36 bits per heavy atom. The van der Waals surface area contributed by atoms with Crippen molar-refractivity contribution in [3.63, 3.8) is 0 Å². The maximum atomic E-state index is 13.6. The van der Waals surface area contributed by atoms with Gasteiger partial charge < -0.3 is 19.5 Å². The molecule has 0 saturated carbocycles. The third-order valence-corrected chi connectivity index (χ3v) is 6.89. The van der Waals surface area contributed by atoms with Crippen LogP contribution >= 0.6 is 0 Å². The molecule has 0 aliphatic carbocycles. The number of ether oxygens (including phenoxy) is 3. The van der Waals surface area contributed by atoms with Gasteiger partial charge in [-0.3, -0.25) is 4.98 Å². The van der Waals surface area contributed by atoms with Crippen LogP contribution in [0.3, 0.4) is 0 Å². The first kappa shape index (κ1) is 22.4. The zero-order chi connectivity index (χ0) is 23.4. The molecule has 7 nitrogen and oxygen atoms in total. The summed E-state index contributed by atoms with van der Waals surface area (Å²) in [6.07, 6.45) is 1.38. The number of nitrogens with one attached hydrogen (secondary N) is 1. The molecule has 0 amide bonds. The molecule has 0 radical (unpaired) electrons. The average molecular weight is 465 g/mol. The van der Waals surface area contributed by atoms with Gasteiger partial charge in [-0.2, -0.15) is 0 Å². The zero-order valence-corrected chi connectivity index (χ0v) is 19.3. The number of benzene rings is 3. The Hall–Kier alpha value is -3.78. The number of sulfone groups is 1. The molecule has 0 spiro atoms. The monoisotopic (exact) mass is 464 g/mol. The average Bonchev–Trinajstić information content (AvgIpc) is 2.84. The highest BCUT2D eigenvalue weighted by Gasteiger charge is 2.24. The summed E-state index contributed by atoms with van der Waals surface area (Å²) in [4.78, 5) is 4.66. The van der Waals surface area contributed by atoms with Crippen molar-refractivity contribution in [2.24, 2.45) is 0 Å². The van der Waals surface area contributed by atoms with E-state index in [0.29, 0.717) is 46.1 Å². The number of methoxy groups -OCH3 is 2. The van der Waals surface area contributed by atoms with Crippen molar-refractivity contribution in [2.45, 2.75) is 16.7 Å². The van der Waals surface area contributed by atoms with E-state index in [1.54, 1.807) is 74.9 Å². The van der Waals surface area contributed by atoms with Crippen LogP contribution in [0, 0.1) is 0 Å². The van der Waals surface area contributed by atoms with Crippen molar-refractivity contribution < 1.29 is 22.6 Å². The lowest BCUT2D eigenvalue weighted by molar-refractivity contribution is 0.340. The molecule has 1 aromatic heterocycles. The van der Waals surface area contributed by atoms with Gasteiger partial charge in [0.25, 0.3) is 0 Å². The number of hydrogen-bond donors (Lipinski definition) is 1. The Morgan fingerprint density at radius 2 is 1.67 bits per heavy atom. The molecule has 3 aromatic carbocycles. The van der Waals surface area contributed by atoms with Gasteiger partial charge in [0, 0.05) is 23.3 Å². The fourth-order valence-corrected chi connectivity index (χ4v) is 4.92. The highest BCUT2D eigenvalue weighted by Crippen LogP contribution is 2.38. The molecule has 0 bridgehead atoms. The van der Waals surface area contributed by atoms with E-state index in [0.717, 1.165) is 0 Å². The first-order chi connectivity index (χ1) is 16.0. The van der Waals surface area contributed by atoms with E-state index < -0.39 is 9.84 Å². The summed E-state index contributed by atoms with van der Waals surface area (Å²) >= 11 is 0. The van der Waals surface area contributed by atoms with Crippen LogP contribution in [0.5, 0.6) is 17.2 Å². The third-order valence-electron chi connectivity index (χ3n) is 5.11. The number of rotatable bonds is 8. The molecule has 0 unspecified atom stereocenters. The van der Waals surface area contributed by atoms with Crippen molar-refractivity contribution in [3.05, 3.63) is 72.9 Å². The first-order valence-corrected chi connectivity index (χ1v) is 11.8. The molecule has 4 rings (SSSR count). The predicted molar refractivity (Wildman–Crippen MR) is 128 cm³/mol. The lowest BCUT2D eigenvalue weighted by Crippen LogP contribution is -2.07. The summed E-state index contributed by atoms with van der Waals surface area (Å²) in [5, 5.41) is 3.89. The highest BCUT2D eigenvalue weighted by molar-refractivity contribution is 7.91.